The summed E-state index contributed by atoms with van der Waals surface area (Å²) in [5.74, 6) is 3.92. The van der Waals surface area contributed by atoms with E-state index >= 15 is 0 Å². The molecule has 1 atom stereocenters. The molecular weight excluding hydrogens is 413 g/mol. The highest BCUT2D eigenvalue weighted by Gasteiger charge is 2.19. The zero-order valence-electron chi connectivity index (χ0n) is 15.8. The van der Waals surface area contributed by atoms with Crippen molar-refractivity contribution in [1.82, 2.24) is 5.32 Å². The molecule has 0 aliphatic heterocycles. The van der Waals surface area contributed by atoms with E-state index in [0.29, 0.717) is 28.5 Å². The smallest absolute Gasteiger partial charge is 0.305 e. The standard InChI is InChI=1S/C21H23Cl2N3O3/c22-17-10-9-16(11-18(17)23)19(12-21(28)29)26-20(27)4-2-1-3-14-5-7-15(8-6-14)13-25-24/h5-11,13,19H,1-4,12,24H2,(H,26,27)(H,28,29). The summed E-state index contributed by atoms with van der Waals surface area (Å²) in [4.78, 5) is 23.5. The van der Waals surface area contributed by atoms with Crippen molar-refractivity contribution in [3.8, 4) is 0 Å². The number of hydrogen-bond donors (Lipinski definition) is 3. The molecule has 0 bridgehead atoms. The topological polar surface area (TPSA) is 105 Å². The number of halogens is 2. The summed E-state index contributed by atoms with van der Waals surface area (Å²) in [5, 5.41) is 16.1. The van der Waals surface area contributed by atoms with Gasteiger partial charge in [-0.2, -0.15) is 5.10 Å². The molecule has 0 aliphatic carbocycles. The maximum absolute atomic E-state index is 12.3. The molecule has 29 heavy (non-hydrogen) atoms. The molecule has 2 rings (SSSR count). The highest BCUT2D eigenvalue weighted by atomic mass is 35.5. The number of nitrogens with one attached hydrogen (secondary N) is 1. The summed E-state index contributed by atoms with van der Waals surface area (Å²) >= 11 is 11.9. The Morgan fingerprint density at radius 2 is 1.83 bits per heavy atom. The molecule has 0 aliphatic rings. The second kappa shape index (κ2) is 11.4. The van der Waals surface area contributed by atoms with E-state index < -0.39 is 12.0 Å². The minimum Gasteiger partial charge on any atom is -0.481 e. The summed E-state index contributed by atoms with van der Waals surface area (Å²) in [6, 6.07) is 12.1. The molecule has 1 unspecified atom stereocenters. The minimum absolute atomic E-state index is 0.197. The van der Waals surface area contributed by atoms with Gasteiger partial charge < -0.3 is 16.3 Å². The molecule has 0 saturated heterocycles. The number of carboxylic acids is 1. The van der Waals surface area contributed by atoms with Crippen LogP contribution < -0.4 is 11.2 Å². The van der Waals surface area contributed by atoms with Crippen molar-refractivity contribution in [3.63, 3.8) is 0 Å². The van der Waals surface area contributed by atoms with Crippen LogP contribution in [0.3, 0.4) is 0 Å². The van der Waals surface area contributed by atoms with E-state index in [1.165, 1.54) is 5.56 Å². The van der Waals surface area contributed by atoms with Gasteiger partial charge in [0.1, 0.15) is 0 Å². The minimum atomic E-state index is -1.01. The summed E-state index contributed by atoms with van der Waals surface area (Å²) in [6.45, 7) is 0. The Bertz CT molecular complexity index is 870. The lowest BCUT2D eigenvalue weighted by Crippen LogP contribution is -2.30. The number of carbonyl (C=O) groups excluding carboxylic acids is 1. The molecule has 8 heteroatoms. The van der Waals surface area contributed by atoms with Crippen LogP contribution in [0.15, 0.2) is 47.6 Å². The lowest BCUT2D eigenvalue weighted by atomic mass is 10.0. The van der Waals surface area contributed by atoms with E-state index in [4.69, 9.17) is 34.2 Å². The van der Waals surface area contributed by atoms with E-state index in [0.717, 1.165) is 18.4 Å². The Balaban J connectivity index is 1.84. The third-order valence-electron chi connectivity index (χ3n) is 4.38. The fraction of sp³-hybridized carbons (Fsp3) is 0.286. The highest BCUT2D eigenvalue weighted by molar-refractivity contribution is 6.42. The van der Waals surface area contributed by atoms with Gasteiger partial charge in [-0.3, -0.25) is 9.59 Å². The molecule has 4 N–H and O–H groups in total. The van der Waals surface area contributed by atoms with Crippen LogP contribution in [-0.4, -0.2) is 23.2 Å². The van der Waals surface area contributed by atoms with Crippen molar-refractivity contribution in [2.24, 2.45) is 10.9 Å². The lowest BCUT2D eigenvalue weighted by molar-refractivity contribution is -0.137. The fourth-order valence-corrected chi connectivity index (χ4v) is 3.20. The Hall–Kier alpha value is -2.57. The average molecular weight is 436 g/mol. The quantitative estimate of drug-likeness (QED) is 0.223. The van der Waals surface area contributed by atoms with Crippen molar-refractivity contribution in [1.29, 1.82) is 0 Å². The first-order valence-corrected chi connectivity index (χ1v) is 9.93. The summed E-state index contributed by atoms with van der Waals surface area (Å²) in [6.07, 6.45) is 4.04. The first-order chi connectivity index (χ1) is 13.9. The van der Waals surface area contributed by atoms with Gasteiger partial charge in [0.2, 0.25) is 5.91 Å². The number of nitrogens with zero attached hydrogens (tertiary/aromatic N) is 1. The van der Waals surface area contributed by atoms with Gasteiger partial charge in [0.25, 0.3) is 0 Å². The van der Waals surface area contributed by atoms with Gasteiger partial charge in [0, 0.05) is 6.42 Å². The van der Waals surface area contributed by atoms with Gasteiger partial charge in [0.15, 0.2) is 0 Å². The zero-order valence-corrected chi connectivity index (χ0v) is 17.3. The van der Waals surface area contributed by atoms with Crippen LogP contribution in [0.5, 0.6) is 0 Å². The third-order valence-corrected chi connectivity index (χ3v) is 5.12. The molecule has 1 amide bonds. The molecule has 0 heterocycles. The molecule has 0 fully saturated rings. The number of benzene rings is 2. The van der Waals surface area contributed by atoms with Crippen LogP contribution in [0.1, 0.15) is 48.4 Å². The Labute approximate surface area is 179 Å². The molecule has 6 nitrogen and oxygen atoms in total. The highest BCUT2D eigenvalue weighted by Crippen LogP contribution is 2.27. The van der Waals surface area contributed by atoms with Gasteiger partial charge in [0.05, 0.1) is 28.7 Å². The number of amides is 1. The van der Waals surface area contributed by atoms with Crippen molar-refractivity contribution >= 4 is 41.3 Å². The van der Waals surface area contributed by atoms with Gasteiger partial charge in [-0.1, -0.05) is 53.5 Å². The molecule has 2 aromatic rings. The summed E-state index contributed by atoms with van der Waals surface area (Å²) in [7, 11) is 0. The predicted octanol–water partition coefficient (Wildman–Crippen LogP) is 4.33. The maximum atomic E-state index is 12.3. The first kappa shape index (κ1) is 22.7. The number of hydrogen-bond acceptors (Lipinski definition) is 4. The number of rotatable bonds is 10. The summed E-state index contributed by atoms with van der Waals surface area (Å²) in [5.41, 5.74) is 2.71. The number of nitrogens with two attached hydrogens (primary N) is 1. The maximum Gasteiger partial charge on any atom is 0.305 e. The number of aryl methyl sites for hydroxylation is 1. The molecule has 154 valence electrons. The van der Waals surface area contributed by atoms with Crippen LogP contribution >= 0.6 is 23.2 Å². The van der Waals surface area contributed by atoms with Crippen molar-refractivity contribution in [2.45, 2.75) is 38.1 Å². The zero-order chi connectivity index (χ0) is 21.2. The van der Waals surface area contributed by atoms with E-state index in [1.54, 1.807) is 24.4 Å². The van der Waals surface area contributed by atoms with E-state index in [2.05, 4.69) is 10.4 Å². The summed E-state index contributed by atoms with van der Waals surface area (Å²) < 4.78 is 0. The van der Waals surface area contributed by atoms with Crippen molar-refractivity contribution < 1.29 is 14.7 Å². The van der Waals surface area contributed by atoms with E-state index in [-0.39, 0.29) is 12.3 Å². The lowest BCUT2D eigenvalue weighted by Gasteiger charge is -2.18. The third kappa shape index (κ3) is 7.75. The Kier molecular flexibility index (Phi) is 8.96. The number of unbranched alkanes of at least 4 members (excludes halogenated alkanes) is 1. The molecule has 0 aromatic heterocycles. The number of aliphatic carboxylic acids is 1. The van der Waals surface area contributed by atoms with Crippen LogP contribution in [0.25, 0.3) is 0 Å². The normalized spacial score (nSPS) is 12.1. The van der Waals surface area contributed by atoms with Gasteiger partial charge in [-0.05, 0) is 48.1 Å². The first-order valence-electron chi connectivity index (χ1n) is 9.17. The van der Waals surface area contributed by atoms with Crippen molar-refractivity contribution in [2.75, 3.05) is 0 Å². The average Bonchev–Trinajstić information content (AvgIpc) is 2.68. The van der Waals surface area contributed by atoms with Crippen molar-refractivity contribution in [3.05, 3.63) is 69.2 Å². The molecular formula is C21H23Cl2N3O3. The van der Waals surface area contributed by atoms with Gasteiger partial charge in [-0.15, -0.1) is 0 Å². The van der Waals surface area contributed by atoms with Crippen LogP contribution in [0, 0.1) is 0 Å². The molecule has 0 saturated carbocycles. The molecule has 0 radical (unpaired) electrons. The van der Waals surface area contributed by atoms with E-state index in [1.807, 2.05) is 24.3 Å². The second-order valence-corrected chi connectivity index (χ2v) is 7.43. The van der Waals surface area contributed by atoms with Crippen LogP contribution in [-0.2, 0) is 16.0 Å². The van der Waals surface area contributed by atoms with Gasteiger partial charge >= 0.3 is 5.97 Å². The Morgan fingerprint density at radius 1 is 1.10 bits per heavy atom. The van der Waals surface area contributed by atoms with Crippen LogP contribution in [0.4, 0.5) is 0 Å². The van der Waals surface area contributed by atoms with Crippen LogP contribution in [0.2, 0.25) is 10.0 Å². The molecule has 2 aromatic carbocycles. The number of carbonyl (C=O) groups is 2. The largest absolute Gasteiger partial charge is 0.481 e. The van der Waals surface area contributed by atoms with E-state index in [9.17, 15) is 9.59 Å². The number of hydrazone groups is 1. The number of carboxylic acid groups (broad SMARTS) is 1. The SMILES string of the molecule is NN=Cc1ccc(CCCCC(=O)NC(CC(=O)O)c2ccc(Cl)c(Cl)c2)cc1. The Morgan fingerprint density at radius 3 is 2.45 bits per heavy atom. The monoisotopic (exact) mass is 435 g/mol. The van der Waals surface area contributed by atoms with Gasteiger partial charge in [-0.25, -0.2) is 0 Å². The molecule has 0 spiro atoms. The fourth-order valence-electron chi connectivity index (χ4n) is 2.89. The predicted molar refractivity (Wildman–Crippen MR) is 115 cm³/mol. The second-order valence-electron chi connectivity index (χ2n) is 6.62.